The Bertz CT molecular complexity index is 1420. The van der Waals surface area contributed by atoms with Crippen LogP contribution in [0, 0.1) is 11.3 Å². The maximum Gasteiger partial charge on any atom is 0.338 e. The zero-order valence-electron chi connectivity index (χ0n) is 20.4. The van der Waals surface area contributed by atoms with Gasteiger partial charge in [-0.2, -0.15) is 5.26 Å². The van der Waals surface area contributed by atoms with Crippen LogP contribution in [0.3, 0.4) is 0 Å². The lowest BCUT2D eigenvalue weighted by Gasteiger charge is -2.27. The zero-order valence-corrected chi connectivity index (χ0v) is 21.2. The quantitative estimate of drug-likeness (QED) is 0.334. The number of carbonyl (C=O) groups is 1. The second-order valence-electron chi connectivity index (χ2n) is 7.90. The van der Waals surface area contributed by atoms with E-state index in [0.29, 0.717) is 22.8 Å². The molecule has 2 aromatic carbocycles. The number of nitrogens with one attached hydrogen (secondary N) is 1. The number of aromatic amines is 1. The number of allylic oxidation sites excluding steroid dienone is 2. The summed E-state index contributed by atoms with van der Waals surface area (Å²) < 4.78 is 21.6. The van der Waals surface area contributed by atoms with Crippen LogP contribution in [0.5, 0.6) is 11.5 Å². The van der Waals surface area contributed by atoms with E-state index in [9.17, 15) is 10.1 Å². The summed E-state index contributed by atoms with van der Waals surface area (Å²) in [6.07, 6.45) is 0. The number of imidazole rings is 1. The van der Waals surface area contributed by atoms with Gasteiger partial charge in [0.25, 0.3) is 0 Å². The number of fused-ring (bicyclic) bond motifs is 1. The first-order valence-corrected chi connectivity index (χ1v) is 12.2. The number of ether oxygens (including phenoxy) is 4. The van der Waals surface area contributed by atoms with Gasteiger partial charge in [-0.05, 0) is 37.6 Å². The highest BCUT2D eigenvalue weighted by atomic mass is 32.2. The maximum absolute atomic E-state index is 12.8. The number of hydrogen-bond donors (Lipinski definition) is 2. The number of benzene rings is 2. The molecule has 1 atom stereocenters. The third-order valence-corrected chi connectivity index (χ3v) is 6.69. The molecule has 1 aliphatic heterocycles. The first-order valence-electron chi connectivity index (χ1n) is 11.2. The molecule has 10 heteroatoms. The predicted molar refractivity (Wildman–Crippen MR) is 135 cm³/mol. The molecule has 0 bridgehead atoms. The predicted octanol–water partition coefficient (Wildman–Crippen LogP) is 4.52. The van der Waals surface area contributed by atoms with Crippen molar-refractivity contribution in [2.75, 3.05) is 20.8 Å². The van der Waals surface area contributed by atoms with Crippen molar-refractivity contribution in [2.45, 2.75) is 30.7 Å². The van der Waals surface area contributed by atoms with Crippen molar-refractivity contribution < 1.29 is 23.7 Å². The highest BCUT2D eigenvalue weighted by Crippen LogP contribution is 2.41. The van der Waals surface area contributed by atoms with Crippen LogP contribution in [0.2, 0.25) is 0 Å². The van der Waals surface area contributed by atoms with E-state index in [1.54, 1.807) is 28.1 Å². The molecule has 1 aromatic heterocycles. The minimum Gasteiger partial charge on any atom is -0.497 e. The molecule has 1 unspecified atom stereocenters. The Labute approximate surface area is 212 Å². The van der Waals surface area contributed by atoms with Crippen LogP contribution in [0.25, 0.3) is 11.0 Å². The molecule has 0 aliphatic carbocycles. The monoisotopic (exact) mass is 506 g/mol. The van der Waals surface area contributed by atoms with Gasteiger partial charge < -0.3 is 29.7 Å². The zero-order chi connectivity index (χ0) is 25.8. The molecular weight excluding hydrogens is 480 g/mol. The number of nitriles is 1. The average Bonchev–Trinajstić information content (AvgIpc) is 3.29. The summed E-state index contributed by atoms with van der Waals surface area (Å²) in [5.41, 5.74) is 9.70. The molecule has 0 amide bonds. The van der Waals surface area contributed by atoms with Crippen LogP contribution < -0.4 is 15.2 Å². The fraction of sp³-hybridized carbons (Fsp3) is 0.269. The van der Waals surface area contributed by atoms with E-state index in [1.807, 2.05) is 36.4 Å². The van der Waals surface area contributed by atoms with Gasteiger partial charge in [0.15, 0.2) is 5.16 Å². The second-order valence-corrected chi connectivity index (χ2v) is 8.86. The normalized spacial score (nSPS) is 15.5. The van der Waals surface area contributed by atoms with Gasteiger partial charge in [0.2, 0.25) is 5.88 Å². The smallest absolute Gasteiger partial charge is 0.338 e. The number of esters is 1. The SMILES string of the molecule is CCOC(=O)C1=C(C)OC(N)=C(C#N)C1c1ccc(OC)c(CSc2nc3ccc(OC)cc3[nH]2)c1. The molecule has 0 radical (unpaired) electrons. The number of nitrogens with two attached hydrogens (primary N) is 1. The van der Waals surface area contributed by atoms with Gasteiger partial charge in [0.1, 0.15) is 28.9 Å². The number of hydrogen-bond acceptors (Lipinski definition) is 9. The van der Waals surface area contributed by atoms with E-state index in [4.69, 9.17) is 24.7 Å². The molecule has 0 saturated heterocycles. The lowest BCUT2D eigenvalue weighted by molar-refractivity contribution is -0.139. The van der Waals surface area contributed by atoms with Crippen molar-refractivity contribution >= 4 is 28.8 Å². The summed E-state index contributed by atoms with van der Waals surface area (Å²) in [6.45, 7) is 3.55. The van der Waals surface area contributed by atoms with Crippen molar-refractivity contribution in [2.24, 2.45) is 5.73 Å². The van der Waals surface area contributed by atoms with Crippen LogP contribution in [0.1, 0.15) is 30.9 Å². The number of rotatable bonds is 8. The molecule has 0 spiro atoms. The van der Waals surface area contributed by atoms with Gasteiger partial charge in [0.05, 0.1) is 43.4 Å². The summed E-state index contributed by atoms with van der Waals surface area (Å²) >= 11 is 1.50. The standard InChI is InChI=1S/C26H26N4O5S/c1-5-34-25(31)22-14(2)35-24(28)18(12-27)23(22)15-6-9-21(33-4)16(10-15)13-36-26-29-19-8-7-17(32-3)11-20(19)30-26/h6-11,23H,5,13,28H2,1-4H3,(H,29,30). The van der Waals surface area contributed by atoms with Crippen LogP contribution in [-0.2, 0) is 20.0 Å². The number of carbonyl (C=O) groups excluding carboxylic acids is 1. The lowest BCUT2D eigenvalue weighted by atomic mass is 9.82. The molecule has 2 heterocycles. The van der Waals surface area contributed by atoms with E-state index in [2.05, 4.69) is 16.0 Å². The Hall–Kier alpha value is -4.10. The third-order valence-electron chi connectivity index (χ3n) is 5.77. The van der Waals surface area contributed by atoms with Crippen molar-refractivity contribution in [3.8, 4) is 17.6 Å². The van der Waals surface area contributed by atoms with Gasteiger partial charge in [-0.1, -0.05) is 23.9 Å². The Kier molecular flexibility index (Phi) is 7.41. The number of methoxy groups -OCH3 is 2. The minimum absolute atomic E-state index is 0.0301. The fourth-order valence-corrected chi connectivity index (χ4v) is 4.95. The van der Waals surface area contributed by atoms with Gasteiger partial charge in [0, 0.05) is 17.4 Å². The van der Waals surface area contributed by atoms with Crippen molar-refractivity contribution in [3.63, 3.8) is 0 Å². The minimum atomic E-state index is -0.726. The first kappa shape index (κ1) is 25.0. The first-order chi connectivity index (χ1) is 17.4. The molecule has 0 saturated carbocycles. The Morgan fingerprint density at radius 1 is 1.25 bits per heavy atom. The molecule has 1 aliphatic rings. The molecule has 3 N–H and O–H groups in total. The van der Waals surface area contributed by atoms with Crippen molar-refractivity contribution in [1.82, 2.24) is 9.97 Å². The number of aromatic nitrogens is 2. The number of thioether (sulfide) groups is 1. The molecule has 3 aromatic rings. The van der Waals surface area contributed by atoms with Crippen LogP contribution in [0.4, 0.5) is 0 Å². The number of H-pyrrole nitrogens is 1. The largest absolute Gasteiger partial charge is 0.497 e. The maximum atomic E-state index is 12.8. The van der Waals surface area contributed by atoms with Gasteiger partial charge in [-0.3, -0.25) is 0 Å². The van der Waals surface area contributed by atoms with Gasteiger partial charge >= 0.3 is 5.97 Å². The summed E-state index contributed by atoms with van der Waals surface area (Å²) in [5, 5.41) is 10.6. The van der Waals surface area contributed by atoms with E-state index < -0.39 is 11.9 Å². The third kappa shape index (κ3) is 4.83. The summed E-state index contributed by atoms with van der Waals surface area (Å²) in [7, 11) is 3.22. The van der Waals surface area contributed by atoms with Crippen molar-refractivity contribution in [1.29, 1.82) is 5.26 Å². The van der Waals surface area contributed by atoms with Crippen LogP contribution in [0.15, 0.2) is 64.3 Å². The summed E-state index contributed by atoms with van der Waals surface area (Å²) in [4.78, 5) is 20.8. The number of nitrogens with zero attached hydrogens (tertiary/aromatic N) is 2. The van der Waals surface area contributed by atoms with Crippen LogP contribution >= 0.6 is 11.8 Å². The topological polar surface area (TPSA) is 132 Å². The molecule has 36 heavy (non-hydrogen) atoms. The Morgan fingerprint density at radius 2 is 2.06 bits per heavy atom. The molecule has 0 fully saturated rings. The van der Waals surface area contributed by atoms with Gasteiger partial charge in [-0.15, -0.1) is 0 Å². The van der Waals surface area contributed by atoms with E-state index in [-0.39, 0.29) is 23.6 Å². The lowest BCUT2D eigenvalue weighted by Crippen LogP contribution is -2.25. The fourth-order valence-electron chi connectivity index (χ4n) is 4.09. The molecule has 4 rings (SSSR count). The molecule has 9 nitrogen and oxygen atoms in total. The molecular formula is C26H26N4O5S. The molecule has 186 valence electrons. The highest BCUT2D eigenvalue weighted by molar-refractivity contribution is 7.98. The Balaban J connectivity index is 1.69. The van der Waals surface area contributed by atoms with E-state index in [0.717, 1.165) is 27.5 Å². The summed E-state index contributed by atoms with van der Waals surface area (Å²) in [6, 6.07) is 13.3. The van der Waals surface area contributed by atoms with E-state index >= 15 is 0 Å². The average molecular weight is 507 g/mol. The van der Waals surface area contributed by atoms with Crippen LogP contribution in [-0.4, -0.2) is 36.8 Å². The van der Waals surface area contributed by atoms with E-state index in [1.165, 1.54) is 11.8 Å². The van der Waals surface area contributed by atoms with Crippen molar-refractivity contribution in [3.05, 3.63) is 70.3 Å². The van der Waals surface area contributed by atoms with Gasteiger partial charge in [-0.25, -0.2) is 9.78 Å². The second kappa shape index (κ2) is 10.7. The highest BCUT2D eigenvalue weighted by Gasteiger charge is 2.36. The summed E-state index contributed by atoms with van der Waals surface area (Å²) in [5.74, 6) is 0.938. The Morgan fingerprint density at radius 3 is 2.75 bits per heavy atom.